The number of hydrogen-bond acceptors (Lipinski definition) is 5. The molecule has 96 valence electrons. The summed E-state index contributed by atoms with van der Waals surface area (Å²) < 4.78 is 5.29. The van der Waals surface area contributed by atoms with Gasteiger partial charge in [0.2, 0.25) is 0 Å². The summed E-state index contributed by atoms with van der Waals surface area (Å²) in [5.74, 6) is -0.422. The highest BCUT2D eigenvalue weighted by molar-refractivity contribution is 7.98. The Morgan fingerprint density at radius 3 is 2.59 bits per heavy atom. The first-order chi connectivity index (χ1) is 7.89. The number of carbonyl (C=O) groups is 1. The van der Waals surface area contributed by atoms with E-state index in [9.17, 15) is 4.79 Å². The van der Waals surface area contributed by atoms with Crippen LogP contribution in [0.3, 0.4) is 0 Å². The fraction of sp³-hybridized carbons (Fsp3) is 0.727. The molecule has 0 aliphatic heterocycles. The maximum atomic E-state index is 11.9. The highest BCUT2D eigenvalue weighted by Crippen LogP contribution is 2.30. The number of hydrogen-bond donors (Lipinski definition) is 1. The molecule has 0 spiro atoms. The Balaban J connectivity index is 2.92. The fourth-order valence-electron chi connectivity index (χ4n) is 1.41. The molecule has 0 bridgehead atoms. The number of nitrogens with zero attached hydrogens (tertiary/aromatic N) is 2. The number of esters is 1. The van der Waals surface area contributed by atoms with Gasteiger partial charge < -0.3 is 4.74 Å². The van der Waals surface area contributed by atoms with Crippen molar-refractivity contribution in [3.63, 3.8) is 0 Å². The van der Waals surface area contributed by atoms with Crippen molar-refractivity contribution in [2.75, 3.05) is 6.26 Å². The zero-order valence-electron chi connectivity index (χ0n) is 10.9. The normalized spacial score (nSPS) is 13.5. The van der Waals surface area contributed by atoms with Crippen LogP contribution in [0.25, 0.3) is 0 Å². The summed E-state index contributed by atoms with van der Waals surface area (Å²) in [6.45, 7) is 7.54. The molecule has 1 N–H and O–H groups in total. The molecule has 1 aromatic heterocycles. The molecule has 0 aliphatic rings. The first-order valence-corrected chi connectivity index (χ1v) is 6.84. The zero-order chi connectivity index (χ0) is 13.1. The predicted octanol–water partition coefficient (Wildman–Crippen LogP) is 2.57. The molecular formula is C11H19N3O2S. The van der Waals surface area contributed by atoms with Crippen LogP contribution in [0.1, 0.15) is 55.5 Å². The molecule has 5 nitrogen and oxygen atoms in total. The van der Waals surface area contributed by atoms with Crippen molar-refractivity contribution < 1.29 is 9.53 Å². The zero-order valence-corrected chi connectivity index (χ0v) is 11.7. The minimum Gasteiger partial charge on any atom is -0.455 e. The number of nitrogens with one attached hydrogen (secondary N) is 1. The van der Waals surface area contributed by atoms with Crippen LogP contribution in [0.5, 0.6) is 0 Å². The third-order valence-electron chi connectivity index (χ3n) is 2.13. The standard InChI is InChI=1S/C11H19N3O2S/c1-6-7(17-5)8-9(13-14-12-8)10(15)16-11(2,3)4/h7H,6H2,1-5H3,(H,12,13,14). The van der Waals surface area contributed by atoms with Crippen LogP contribution in [0.15, 0.2) is 0 Å². The van der Waals surface area contributed by atoms with E-state index < -0.39 is 11.6 Å². The smallest absolute Gasteiger partial charge is 0.361 e. The molecule has 6 heteroatoms. The maximum absolute atomic E-state index is 11.9. The molecule has 0 amide bonds. The van der Waals surface area contributed by atoms with Crippen molar-refractivity contribution in [3.05, 3.63) is 11.4 Å². The number of thioether (sulfide) groups is 1. The second-order valence-electron chi connectivity index (χ2n) is 4.69. The third-order valence-corrected chi connectivity index (χ3v) is 3.25. The molecule has 1 aromatic rings. The van der Waals surface area contributed by atoms with Crippen molar-refractivity contribution in [2.24, 2.45) is 0 Å². The summed E-state index contributed by atoms with van der Waals surface area (Å²) in [4.78, 5) is 11.9. The highest BCUT2D eigenvalue weighted by atomic mass is 32.2. The predicted molar refractivity (Wildman–Crippen MR) is 68.1 cm³/mol. The van der Waals surface area contributed by atoms with Crippen molar-refractivity contribution in [1.82, 2.24) is 15.4 Å². The summed E-state index contributed by atoms with van der Waals surface area (Å²) in [6, 6.07) is 0. The number of ether oxygens (including phenoxy) is 1. The molecule has 0 aliphatic carbocycles. The van der Waals surface area contributed by atoms with E-state index in [0.29, 0.717) is 11.4 Å². The number of aromatic amines is 1. The van der Waals surface area contributed by atoms with Crippen LogP contribution in [0.2, 0.25) is 0 Å². The molecule has 0 fully saturated rings. The lowest BCUT2D eigenvalue weighted by atomic mass is 10.1. The van der Waals surface area contributed by atoms with Gasteiger partial charge in [-0.15, -0.1) is 5.10 Å². The highest BCUT2D eigenvalue weighted by Gasteiger charge is 2.26. The summed E-state index contributed by atoms with van der Waals surface area (Å²) in [5, 5.41) is 10.6. The largest absolute Gasteiger partial charge is 0.455 e. The molecular weight excluding hydrogens is 238 g/mol. The molecule has 1 unspecified atom stereocenters. The summed E-state index contributed by atoms with van der Waals surface area (Å²) in [6.07, 6.45) is 2.88. The van der Waals surface area contributed by atoms with Crippen molar-refractivity contribution >= 4 is 17.7 Å². The lowest BCUT2D eigenvalue weighted by molar-refractivity contribution is 0.00615. The molecule has 0 saturated carbocycles. The van der Waals surface area contributed by atoms with Crippen LogP contribution in [0.4, 0.5) is 0 Å². The van der Waals surface area contributed by atoms with Gasteiger partial charge in [0.1, 0.15) is 11.3 Å². The Labute approximate surface area is 106 Å². The van der Waals surface area contributed by atoms with Gasteiger partial charge in [0, 0.05) is 0 Å². The van der Waals surface area contributed by atoms with E-state index in [1.807, 2.05) is 27.0 Å². The van der Waals surface area contributed by atoms with Gasteiger partial charge in [0.15, 0.2) is 5.69 Å². The topological polar surface area (TPSA) is 67.9 Å². The van der Waals surface area contributed by atoms with Crippen LogP contribution >= 0.6 is 11.8 Å². The molecule has 1 rings (SSSR count). The average Bonchev–Trinajstić information content (AvgIpc) is 2.66. The first-order valence-electron chi connectivity index (χ1n) is 5.55. The quantitative estimate of drug-likeness (QED) is 0.840. The van der Waals surface area contributed by atoms with Gasteiger partial charge in [-0.3, -0.25) is 0 Å². The Hall–Kier alpha value is -1.04. The molecule has 0 radical (unpaired) electrons. The van der Waals surface area contributed by atoms with Crippen LogP contribution in [-0.2, 0) is 4.74 Å². The summed E-state index contributed by atoms with van der Waals surface area (Å²) in [5.41, 5.74) is 0.448. The maximum Gasteiger partial charge on any atom is 0.361 e. The van der Waals surface area contributed by atoms with Crippen molar-refractivity contribution in [2.45, 2.75) is 45.0 Å². The van der Waals surface area contributed by atoms with Gasteiger partial charge in [-0.2, -0.15) is 22.1 Å². The van der Waals surface area contributed by atoms with E-state index in [1.54, 1.807) is 11.8 Å². The van der Waals surface area contributed by atoms with Gasteiger partial charge in [0.05, 0.1) is 5.25 Å². The fourth-order valence-corrected chi connectivity index (χ4v) is 2.13. The monoisotopic (exact) mass is 257 g/mol. The van der Waals surface area contributed by atoms with Crippen LogP contribution < -0.4 is 0 Å². The number of H-pyrrole nitrogens is 1. The molecule has 0 aromatic carbocycles. The van der Waals surface area contributed by atoms with Crippen LogP contribution in [-0.4, -0.2) is 33.2 Å². The Bertz CT molecular complexity index is 380. The Kier molecular flexibility index (Phi) is 4.56. The average molecular weight is 257 g/mol. The lowest BCUT2D eigenvalue weighted by Crippen LogP contribution is -2.25. The Morgan fingerprint density at radius 2 is 2.12 bits per heavy atom. The van der Waals surface area contributed by atoms with Gasteiger partial charge in [-0.1, -0.05) is 6.92 Å². The van der Waals surface area contributed by atoms with E-state index in [4.69, 9.17) is 4.74 Å². The second kappa shape index (κ2) is 5.53. The molecule has 1 atom stereocenters. The second-order valence-corrected chi connectivity index (χ2v) is 5.73. The van der Waals surface area contributed by atoms with Gasteiger partial charge >= 0.3 is 5.97 Å². The SMILES string of the molecule is CCC(SC)c1n[nH]nc1C(=O)OC(C)(C)C. The van der Waals surface area contributed by atoms with Crippen molar-refractivity contribution in [1.29, 1.82) is 0 Å². The van der Waals surface area contributed by atoms with E-state index in [-0.39, 0.29) is 5.25 Å². The van der Waals surface area contributed by atoms with Crippen LogP contribution in [0, 0.1) is 0 Å². The van der Waals surface area contributed by atoms with Gasteiger partial charge in [-0.25, -0.2) is 4.79 Å². The van der Waals surface area contributed by atoms with E-state index >= 15 is 0 Å². The lowest BCUT2D eigenvalue weighted by Gasteiger charge is -2.19. The van der Waals surface area contributed by atoms with E-state index in [1.165, 1.54) is 0 Å². The molecule has 0 saturated heterocycles. The van der Waals surface area contributed by atoms with Gasteiger partial charge in [-0.05, 0) is 33.4 Å². The van der Waals surface area contributed by atoms with Crippen molar-refractivity contribution in [3.8, 4) is 0 Å². The summed E-state index contributed by atoms with van der Waals surface area (Å²) in [7, 11) is 0. The minimum atomic E-state index is -0.519. The van der Waals surface area contributed by atoms with E-state index in [2.05, 4.69) is 22.3 Å². The third kappa shape index (κ3) is 3.73. The molecule has 1 heterocycles. The minimum absolute atomic E-state index is 0.163. The first kappa shape index (κ1) is 14.0. The molecule has 17 heavy (non-hydrogen) atoms. The Morgan fingerprint density at radius 1 is 1.47 bits per heavy atom. The number of aromatic nitrogens is 3. The van der Waals surface area contributed by atoms with E-state index in [0.717, 1.165) is 6.42 Å². The number of rotatable bonds is 4. The number of carbonyl (C=O) groups excluding carboxylic acids is 1. The van der Waals surface area contributed by atoms with Gasteiger partial charge in [0.25, 0.3) is 0 Å². The summed E-state index contributed by atoms with van der Waals surface area (Å²) >= 11 is 1.65.